The lowest BCUT2D eigenvalue weighted by atomic mass is 10.0. The molecule has 2 amide bonds. The number of pyridine rings is 2. The number of rotatable bonds is 8. The third-order valence-corrected chi connectivity index (χ3v) is 10.1. The van der Waals surface area contributed by atoms with Crippen molar-refractivity contribution in [2.45, 2.75) is 32.4 Å². The molecular formula is C38H44N10O3. The molecule has 7 rings (SSSR count). The minimum Gasteiger partial charge on any atom is -0.337 e. The molecule has 0 bridgehead atoms. The van der Waals surface area contributed by atoms with E-state index in [1.165, 1.54) is 12.2 Å². The van der Waals surface area contributed by atoms with Crippen molar-refractivity contribution in [3.8, 4) is 0 Å². The van der Waals surface area contributed by atoms with Crippen LogP contribution in [0.4, 0.5) is 28.8 Å². The summed E-state index contributed by atoms with van der Waals surface area (Å²) in [5.74, 6) is 0.555. The van der Waals surface area contributed by atoms with Crippen molar-refractivity contribution in [3.63, 3.8) is 0 Å². The highest BCUT2D eigenvalue weighted by Crippen LogP contribution is 2.40. The average molecular weight is 689 g/mol. The first-order valence-electron chi connectivity index (χ1n) is 17.5. The molecule has 1 aromatic carbocycles. The first kappa shape index (κ1) is 34.1. The van der Waals surface area contributed by atoms with Gasteiger partial charge in [0.1, 0.15) is 17.2 Å². The molecule has 1 atom stereocenters. The Hall–Kier alpha value is -5.40. The molecule has 2 saturated heterocycles. The van der Waals surface area contributed by atoms with Gasteiger partial charge in [-0.25, -0.2) is 9.97 Å². The van der Waals surface area contributed by atoms with Crippen molar-refractivity contribution in [1.29, 1.82) is 0 Å². The van der Waals surface area contributed by atoms with E-state index >= 15 is 0 Å². The van der Waals surface area contributed by atoms with E-state index in [-0.39, 0.29) is 23.4 Å². The number of benzene rings is 1. The number of hydrogen-bond donors (Lipinski definition) is 1. The predicted octanol–water partition coefficient (Wildman–Crippen LogP) is 4.01. The van der Waals surface area contributed by atoms with Gasteiger partial charge in [0.05, 0.1) is 17.4 Å². The van der Waals surface area contributed by atoms with E-state index < -0.39 is 0 Å². The minimum absolute atomic E-state index is 0.167. The van der Waals surface area contributed by atoms with Crippen molar-refractivity contribution in [1.82, 2.24) is 34.2 Å². The molecule has 13 nitrogen and oxygen atoms in total. The number of likely N-dealkylation sites (tertiary alicyclic amines) is 1. The Morgan fingerprint density at radius 1 is 0.941 bits per heavy atom. The fourth-order valence-corrected chi connectivity index (χ4v) is 7.39. The van der Waals surface area contributed by atoms with E-state index in [2.05, 4.69) is 51.4 Å². The number of fused-ring (bicyclic) bond motifs is 2. The number of nitrogens with one attached hydrogen (secondary N) is 1. The molecule has 6 heterocycles. The number of hydrogen-bond acceptors (Lipinski definition) is 10. The van der Waals surface area contributed by atoms with E-state index in [1.807, 2.05) is 48.4 Å². The van der Waals surface area contributed by atoms with Crippen LogP contribution in [0.3, 0.4) is 0 Å². The monoisotopic (exact) mass is 688 g/mol. The maximum Gasteiger partial charge on any atom is 0.276 e. The molecule has 0 unspecified atom stereocenters. The van der Waals surface area contributed by atoms with Gasteiger partial charge in [-0.05, 0) is 68.3 Å². The Kier molecular flexibility index (Phi) is 9.65. The van der Waals surface area contributed by atoms with Crippen molar-refractivity contribution in [2.75, 3.05) is 74.5 Å². The van der Waals surface area contributed by atoms with Crippen molar-refractivity contribution in [3.05, 3.63) is 95.6 Å². The standard InChI is InChI=1S/C38H44N10O3/c1-5-33(49)45-14-8-10-29(25-45)48-36-28(21-31(37(48)51)46-19-20-47(34(50)6-2)35-26(3)9-7-11-30(35)46)23-40-38(42-36)41-32-13-12-27(22-39-32)24-44-17-15-43(4)16-18-44/h5-7,9,11-13,21-23,29H,1-2,8,10,14-20,24-25H2,3-4H3,(H,39,40,41,42)/t29-/m1/s1. The van der Waals surface area contributed by atoms with Crippen LogP contribution in [0.15, 0.2) is 78.9 Å². The third-order valence-electron chi connectivity index (χ3n) is 10.1. The Labute approximate surface area is 297 Å². The number of carbonyl (C=O) groups is 2. The molecule has 3 aromatic heterocycles. The zero-order chi connectivity index (χ0) is 35.6. The van der Waals surface area contributed by atoms with Crippen molar-refractivity contribution < 1.29 is 9.59 Å². The second kappa shape index (κ2) is 14.4. The molecule has 3 aliphatic rings. The van der Waals surface area contributed by atoms with Gasteiger partial charge in [-0.3, -0.25) is 23.9 Å². The molecule has 0 aliphatic carbocycles. The number of aryl methyl sites for hydroxylation is 1. The Morgan fingerprint density at radius 2 is 1.75 bits per heavy atom. The van der Waals surface area contributed by atoms with Crippen LogP contribution in [-0.2, 0) is 16.1 Å². The maximum atomic E-state index is 14.8. The fourth-order valence-electron chi connectivity index (χ4n) is 7.39. The van der Waals surface area contributed by atoms with Gasteiger partial charge in [0.2, 0.25) is 11.9 Å². The molecule has 0 saturated carbocycles. The number of piperidine rings is 1. The molecule has 13 heteroatoms. The van der Waals surface area contributed by atoms with Gasteiger partial charge in [0.25, 0.3) is 11.5 Å². The summed E-state index contributed by atoms with van der Waals surface area (Å²) in [7, 11) is 2.15. The lowest BCUT2D eigenvalue weighted by molar-refractivity contribution is -0.127. The Morgan fingerprint density at radius 3 is 2.49 bits per heavy atom. The SMILES string of the molecule is C=CC(=O)N1CCC[C@@H](n2c(=O)c(N3CCN(C(=O)C=C)c4c(C)cccc43)cc3cnc(Nc4ccc(CN5CCN(C)CC5)cn4)nc32)C1. The number of anilines is 5. The molecule has 51 heavy (non-hydrogen) atoms. The lowest BCUT2D eigenvalue weighted by Gasteiger charge is -2.39. The molecule has 1 N–H and O–H groups in total. The van der Waals surface area contributed by atoms with Crippen molar-refractivity contribution >= 4 is 51.7 Å². The number of likely N-dealkylation sites (N-methyl/N-ethyl adjacent to an activating group) is 1. The lowest BCUT2D eigenvalue weighted by Crippen LogP contribution is -2.45. The highest BCUT2D eigenvalue weighted by molar-refractivity contribution is 6.05. The normalized spacial score (nSPS) is 18.4. The quantitative estimate of drug-likeness (QED) is 0.272. The van der Waals surface area contributed by atoms with Crippen molar-refractivity contribution in [2.24, 2.45) is 0 Å². The second-order valence-corrected chi connectivity index (χ2v) is 13.5. The topological polar surface area (TPSA) is 123 Å². The molecule has 2 fully saturated rings. The molecular weight excluding hydrogens is 644 g/mol. The maximum absolute atomic E-state index is 14.8. The van der Waals surface area contributed by atoms with Crippen LogP contribution in [0.5, 0.6) is 0 Å². The van der Waals surface area contributed by atoms with E-state index in [0.717, 1.165) is 61.6 Å². The molecule has 4 aromatic rings. The highest BCUT2D eigenvalue weighted by Gasteiger charge is 2.32. The minimum atomic E-state index is -0.326. The van der Waals surface area contributed by atoms with Crippen LogP contribution in [-0.4, -0.2) is 105 Å². The van der Waals surface area contributed by atoms with Gasteiger partial charge in [-0.2, -0.15) is 4.98 Å². The second-order valence-electron chi connectivity index (χ2n) is 13.5. The number of amides is 2. The van der Waals surface area contributed by atoms with Crippen LogP contribution in [0.1, 0.15) is 30.0 Å². The van der Waals surface area contributed by atoms with Gasteiger partial charge < -0.3 is 24.9 Å². The predicted molar refractivity (Wildman–Crippen MR) is 200 cm³/mol. The van der Waals surface area contributed by atoms with Gasteiger partial charge in [-0.1, -0.05) is 31.4 Å². The Balaban J connectivity index is 1.26. The summed E-state index contributed by atoms with van der Waals surface area (Å²) in [5.41, 5.74) is 4.25. The molecule has 0 spiro atoms. The van der Waals surface area contributed by atoms with Crippen LogP contribution < -0.4 is 20.7 Å². The van der Waals surface area contributed by atoms with Gasteiger partial charge in [0, 0.05) is 76.7 Å². The fraction of sp³-hybridized carbons (Fsp3) is 0.368. The summed E-state index contributed by atoms with van der Waals surface area (Å²) >= 11 is 0. The zero-order valence-electron chi connectivity index (χ0n) is 29.3. The van der Waals surface area contributed by atoms with E-state index in [1.54, 1.807) is 20.6 Å². The zero-order valence-corrected chi connectivity index (χ0v) is 29.3. The third kappa shape index (κ3) is 6.86. The summed E-state index contributed by atoms with van der Waals surface area (Å²) < 4.78 is 1.73. The van der Waals surface area contributed by atoms with Crippen LogP contribution in [0.2, 0.25) is 0 Å². The van der Waals surface area contributed by atoms with E-state index in [0.29, 0.717) is 61.1 Å². The average Bonchev–Trinajstić information content (AvgIpc) is 3.15. The van der Waals surface area contributed by atoms with E-state index in [4.69, 9.17) is 4.98 Å². The first-order chi connectivity index (χ1) is 24.7. The smallest absolute Gasteiger partial charge is 0.276 e. The summed E-state index contributed by atoms with van der Waals surface area (Å²) in [6.45, 7) is 16.1. The summed E-state index contributed by atoms with van der Waals surface area (Å²) in [5, 5.41) is 3.91. The van der Waals surface area contributed by atoms with Crippen LogP contribution in [0, 0.1) is 6.92 Å². The van der Waals surface area contributed by atoms with Crippen LogP contribution >= 0.6 is 0 Å². The molecule has 3 aliphatic heterocycles. The Bertz CT molecular complexity index is 2040. The van der Waals surface area contributed by atoms with E-state index in [9.17, 15) is 14.4 Å². The number of piperazine rings is 1. The molecule has 264 valence electrons. The van der Waals surface area contributed by atoms with Gasteiger partial charge in [0.15, 0.2) is 0 Å². The number of carbonyl (C=O) groups excluding carboxylic acids is 2. The number of aromatic nitrogens is 4. The first-order valence-corrected chi connectivity index (χ1v) is 17.5. The molecule has 0 radical (unpaired) electrons. The van der Waals surface area contributed by atoms with Gasteiger partial charge in [-0.15, -0.1) is 0 Å². The largest absolute Gasteiger partial charge is 0.337 e. The number of para-hydroxylation sites is 1. The summed E-state index contributed by atoms with van der Waals surface area (Å²) in [4.78, 5) is 64.7. The summed E-state index contributed by atoms with van der Waals surface area (Å²) in [6.07, 6.45) is 7.65. The van der Waals surface area contributed by atoms with Gasteiger partial charge >= 0.3 is 0 Å². The summed E-state index contributed by atoms with van der Waals surface area (Å²) in [6, 6.07) is 11.3. The highest BCUT2D eigenvalue weighted by atomic mass is 16.2. The number of nitrogens with zero attached hydrogens (tertiary/aromatic N) is 9. The van der Waals surface area contributed by atoms with Crippen LogP contribution in [0.25, 0.3) is 11.0 Å².